The molecule has 0 rings (SSSR count). The second-order valence-corrected chi connectivity index (χ2v) is 5.49. The molecule has 0 spiro atoms. The Morgan fingerprint density at radius 1 is 1.27 bits per heavy atom. The van der Waals surface area contributed by atoms with Crippen molar-refractivity contribution < 1.29 is 4.79 Å². The van der Waals surface area contributed by atoms with Crippen LogP contribution in [0.3, 0.4) is 0 Å². The van der Waals surface area contributed by atoms with Gasteiger partial charge in [0.2, 0.25) is 5.78 Å². The van der Waals surface area contributed by atoms with E-state index in [-0.39, 0.29) is 0 Å². The molecule has 0 aliphatic rings. The number of halogens is 4. The fourth-order valence-electron chi connectivity index (χ4n) is 0.456. The minimum Gasteiger partial charge on any atom is -0.293 e. The second kappa shape index (κ2) is 3.69. The summed E-state index contributed by atoms with van der Waals surface area (Å²) in [4.78, 5) is 10.1. The van der Waals surface area contributed by atoms with Crippen LogP contribution in [0.1, 0.15) is 20.3 Å². The van der Waals surface area contributed by atoms with Crippen LogP contribution in [0.15, 0.2) is 0 Å². The first-order valence-corrected chi connectivity index (χ1v) is 4.53. The quantitative estimate of drug-likeness (QED) is 0.674. The van der Waals surface area contributed by atoms with Gasteiger partial charge in [-0.1, -0.05) is 41.7 Å². The van der Waals surface area contributed by atoms with Crippen molar-refractivity contribution in [3.8, 4) is 0 Å². The van der Waals surface area contributed by atoms with Gasteiger partial charge in [0.05, 0.1) is 0 Å². The second-order valence-electron chi connectivity index (χ2n) is 2.38. The van der Waals surface area contributed by atoms with Gasteiger partial charge >= 0.3 is 0 Å². The van der Waals surface area contributed by atoms with Gasteiger partial charge < -0.3 is 0 Å². The molecule has 0 bridgehead atoms. The number of hydrogen-bond donors (Lipinski definition) is 0. The minimum absolute atomic E-state index is 0.432. The summed E-state index contributed by atoms with van der Waals surface area (Å²) in [6.07, 6.45) is 0.432. The van der Waals surface area contributed by atoms with Gasteiger partial charge in [0, 0.05) is 0 Å². The predicted molar refractivity (Wildman–Crippen MR) is 49.8 cm³/mol. The minimum atomic E-state index is -1.91. The Bertz CT molecular complexity index is 158. The SMILES string of the molecule is CCC(C)(Cl)C(=O)C(Cl)(Cl)Cl. The molecule has 0 aromatic carbocycles. The van der Waals surface area contributed by atoms with Crippen molar-refractivity contribution in [1.82, 2.24) is 0 Å². The summed E-state index contributed by atoms with van der Waals surface area (Å²) in [5, 5.41) is 0. The van der Waals surface area contributed by atoms with Crippen molar-refractivity contribution >= 4 is 52.2 Å². The summed E-state index contributed by atoms with van der Waals surface area (Å²) in [6.45, 7) is 3.28. The summed E-state index contributed by atoms with van der Waals surface area (Å²) < 4.78 is -1.91. The normalized spacial score (nSPS) is 17.6. The van der Waals surface area contributed by atoms with E-state index < -0.39 is 14.4 Å². The number of Topliss-reactive ketones (excluding diaryl/α,β-unsaturated/α-hetero) is 1. The molecular weight excluding hydrogens is 230 g/mol. The molecule has 1 unspecified atom stereocenters. The van der Waals surface area contributed by atoms with Crippen molar-refractivity contribution in [3.63, 3.8) is 0 Å². The summed E-state index contributed by atoms with van der Waals surface area (Å²) in [6, 6.07) is 0. The van der Waals surface area contributed by atoms with Crippen LogP contribution in [0, 0.1) is 0 Å². The smallest absolute Gasteiger partial charge is 0.250 e. The zero-order chi connectivity index (χ0) is 9.28. The van der Waals surface area contributed by atoms with Gasteiger partial charge in [0.15, 0.2) is 0 Å². The molecule has 1 nitrogen and oxygen atoms in total. The van der Waals surface area contributed by atoms with Crippen molar-refractivity contribution in [1.29, 1.82) is 0 Å². The highest BCUT2D eigenvalue weighted by Crippen LogP contribution is 2.35. The molecule has 5 heteroatoms. The highest BCUT2D eigenvalue weighted by molar-refractivity contribution is 6.78. The molecule has 0 saturated carbocycles. The van der Waals surface area contributed by atoms with E-state index in [0.717, 1.165) is 0 Å². The molecule has 0 saturated heterocycles. The maximum atomic E-state index is 11.2. The Morgan fingerprint density at radius 3 is 1.73 bits per heavy atom. The summed E-state index contributed by atoms with van der Waals surface area (Å²) in [5.74, 6) is -0.584. The molecule has 0 aromatic rings. The zero-order valence-electron chi connectivity index (χ0n) is 6.13. The van der Waals surface area contributed by atoms with Crippen LogP contribution in [0.25, 0.3) is 0 Å². The fraction of sp³-hybridized carbons (Fsp3) is 0.833. The van der Waals surface area contributed by atoms with Crippen LogP contribution < -0.4 is 0 Å². The number of hydrogen-bond acceptors (Lipinski definition) is 1. The lowest BCUT2D eigenvalue weighted by Gasteiger charge is -2.22. The Hall–Kier alpha value is 0.830. The molecule has 0 aliphatic heterocycles. The van der Waals surface area contributed by atoms with Gasteiger partial charge in [-0.25, -0.2) is 0 Å². The van der Waals surface area contributed by atoms with E-state index in [1.165, 1.54) is 6.92 Å². The Balaban J connectivity index is 4.50. The zero-order valence-corrected chi connectivity index (χ0v) is 9.15. The van der Waals surface area contributed by atoms with Gasteiger partial charge in [-0.2, -0.15) is 0 Å². The molecular formula is C6H8Cl4O. The first kappa shape index (κ1) is 11.8. The topological polar surface area (TPSA) is 17.1 Å². The third kappa shape index (κ3) is 3.37. The third-order valence-electron chi connectivity index (χ3n) is 1.39. The van der Waals surface area contributed by atoms with E-state index >= 15 is 0 Å². The number of carbonyl (C=O) groups is 1. The lowest BCUT2D eigenvalue weighted by Crippen LogP contribution is -2.37. The van der Waals surface area contributed by atoms with Gasteiger partial charge in [-0.3, -0.25) is 4.79 Å². The van der Waals surface area contributed by atoms with Crippen molar-refractivity contribution in [2.75, 3.05) is 0 Å². The third-order valence-corrected chi connectivity index (χ3v) is 2.35. The molecule has 66 valence electrons. The first-order chi connectivity index (χ1) is 4.72. The Labute approximate surface area is 85.9 Å². The molecule has 0 radical (unpaired) electrons. The monoisotopic (exact) mass is 236 g/mol. The van der Waals surface area contributed by atoms with Crippen LogP contribution in [-0.4, -0.2) is 14.4 Å². The molecule has 0 N–H and O–H groups in total. The number of carbonyl (C=O) groups excluding carboxylic acids is 1. The maximum Gasteiger partial charge on any atom is 0.250 e. The molecule has 0 aromatic heterocycles. The summed E-state index contributed by atoms with van der Waals surface area (Å²) in [5.41, 5.74) is 0. The van der Waals surface area contributed by atoms with E-state index in [1.807, 2.05) is 0 Å². The van der Waals surface area contributed by atoms with Crippen molar-refractivity contribution in [2.24, 2.45) is 0 Å². The number of rotatable bonds is 2. The van der Waals surface area contributed by atoms with Crippen molar-refractivity contribution in [2.45, 2.75) is 28.9 Å². The first-order valence-electron chi connectivity index (χ1n) is 3.02. The van der Waals surface area contributed by atoms with Crippen LogP contribution in [0.4, 0.5) is 0 Å². The predicted octanol–water partition coefficient (Wildman–Crippen LogP) is 3.33. The molecule has 0 fully saturated rings. The highest BCUT2D eigenvalue weighted by Gasteiger charge is 2.42. The van der Waals surface area contributed by atoms with Crippen LogP contribution in [0.2, 0.25) is 0 Å². The van der Waals surface area contributed by atoms with Gasteiger partial charge in [-0.05, 0) is 13.3 Å². The van der Waals surface area contributed by atoms with E-state index in [2.05, 4.69) is 0 Å². The highest BCUT2D eigenvalue weighted by atomic mass is 35.6. The van der Waals surface area contributed by atoms with Gasteiger partial charge in [0.1, 0.15) is 4.87 Å². The van der Waals surface area contributed by atoms with E-state index in [1.54, 1.807) is 6.92 Å². The van der Waals surface area contributed by atoms with Crippen LogP contribution in [-0.2, 0) is 4.79 Å². The average molecular weight is 238 g/mol. The Kier molecular flexibility index (Phi) is 3.97. The molecule has 1 atom stereocenters. The van der Waals surface area contributed by atoms with E-state index in [9.17, 15) is 4.79 Å². The van der Waals surface area contributed by atoms with Gasteiger partial charge in [0.25, 0.3) is 3.79 Å². The molecule has 11 heavy (non-hydrogen) atoms. The van der Waals surface area contributed by atoms with E-state index in [4.69, 9.17) is 46.4 Å². The summed E-state index contributed by atoms with van der Waals surface area (Å²) >= 11 is 21.8. The van der Waals surface area contributed by atoms with E-state index in [0.29, 0.717) is 6.42 Å². The summed E-state index contributed by atoms with van der Waals surface area (Å²) in [7, 11) is 0. The lowest BCUT2D eigenvalue weighted by atomic mass is 10.0. The number of ketones is 1. The Morgan fingerprint density at radius 2 is 1.64 bits per heavy atom. The fourth-order valence-corrected chi connectivity index (χ4v) is 1.37. The standard InChI is InChI=1S/C6H8Cl4O/c1-3-5(2,7)4(11)6(8,9)10/h3H2,1-2H3. The molecule has 0 amide bonds. The maximum absolute atomic E-state index is 11.2. The van der Waals surface area contributed by atoms with Crippen LogP contribution >= 0.6 is 46.4 Å². The molecule has 0 heterocycles. The van der Waals surface area contributed by atoms with Crippen LogP contribution in [0.5, 0.6) is 0 Å². The average Bonchev–Trinajstić information content (AvgIpc) is 1.84. The van der Waals surface area contributed by atoms with Gasteiger partial charge in [-0.15, -0.1) is 11.6 Å². The number of alkyl halides is 4. The molecule has 0 aliphatic carbocycles. The largest absolute Gasteiger partial charge is 0.293 e. The lowest BCUT2D eigenvalue weighted by molar-refractivity contribution is -0.120. The van der Waals surface area contributed by atoms with Crippen molar-refractivity contribution in [3.05, 3.63) is 0 Å².